The standard InChI is InChI=1S/C21H36N4O2.ClH/c26-20(25(18-9-10-18)17-6-1-2-7-17)15-24-12-4-5-16(14-24)13-23-21(27)19-8-3-11-22-19;/h16-19,22H,1-15H2,(H,23,27);1H. The molecule has 4 aliphatic rings. The maximum absolute atomic E-state index is 13.0. The predicted molar refractivity (Wildman–Crippen MR) is 113 cm³/mol. The van der Waals surface area contributed by atoms with Gasteiger partial charge in [-0.2, -0.15) is 0 Å². The van der Waals surface area contributed by atoms with Gasteiger partial charge in [0.1, 0.15) is 0 Å². The molecule has 2 N–H and O–H groups in total. The predicted octanol–water partition coefficient (Wildman–Crippen LogP) is 1.92. The first-order chi connectivity index (χ1) is 13.2. The summed E-state index contributed by atoms with van der Waals surface area (Å²) in [5, 5.41) is 6.40. The molecule has 160 valence electrons. The topological polar surface area (TPSA) is 64.7 Å². The molecule has 2 atom stereocenters. The largest absolute Gasteiger partial charge is 0.354 e. The van der Waals surface area contributed by atoms with Crippen LogP contribution >= 0.6 is 12.4 Å². The molecule has 2 aliphatic heterocycles. The van der Waals surface area contributed by atoms with Gasteiger partial charge in [-0.15, -0.1) is 12.4 Å². The molecular formula is C21H37ClN4O2. The summed E-state index contributed by atoms with van der Waals surface area (Å²) in [5.41, 5.74) is 0. The Morgan fingerprint density at radius 2 is 1.71 bits per heavy atom. The number of likely N-dealkylation sites (tertiary alicyclic amines) is 1. The number of halogens is 1. The summed E-state index contributed by atoms with van der Waals surface area (Å²) in [6, 6.07) is 1.04. The summed E-state index contributed by atoms with van der Waals surface area (Å²) in [7, 11) is 0. The molecule has 6 nitrogen and oxygen atoms in total. The van der Waals surface area contributed by atoms with Gasteiger partial charge >= 0.3 is 0 Å². The van der Waals surface area contributed by atoms with Crippen LogP contribution in [0.1, 0.15) is 64.2 Å². The molecule has 2 heterocycles. The van der Waals surface area contributed by atoms with Crippen molar-refractivity contribution < 1.29 is 9.59 Å². The molecule has 28 heavy (non-hydrogen) atoms. The molecule has 4 rings (SSSR count). The molecule has 2 saturated heterocycles. The van der Waals surface area contributed by atoms with Crippen molar-refractivity contribution in [3.05, 3.63) is 0 Å². The molecule has 2 saturated carbocycles. The Morgan fingerprint density at radius 1 is 0.964 bits per heavy atom. The number of nitrogens with one attached hydrogen (secondary N) is 2. The van der Waals surface area contributed by atoms with E-state index in [1.165, 1.54) is 38.5 Å². The van der Waals surface area contributed by atoms with E-state index >= 15 is 0 Å². The van der Waals surface area contributed by atoms with Crippen LogP contribution in [0.4, 0.5) is 0 Å². The number of nitrogens with zero attached hydrogens (tertiary/aromatic N) is 2. The minimum atomic E-state index is 0. The van der Waals surface area contributed by atoms with Gasteiger partial charge in [-0.1, -0.05) is 12.8 Å². The van der Waals surface area contributed by atoms with Gasteiger partial charge in [0, 0.05) is 25.2 Å². The quantitative estimate of drug-likeness (QED) is 0.670. The lowest BCUT2D eigenvalue weighted by molar-refractivity contribution is -0.136. The van der Waals surface area contributed by atoms with Crippen LogP contribution in [-0.2, 0) is 9.59 Å². The van der Waals surface area contributed by atoms with Crippen molar-refractivity contribution in [3.63, 3.8) is 0 Å². The van der Waals surface area contributed by atoms with Gasteiger partial charge in [0.25, 0.3) is 0 Å². The van der Waals surface area contributed by atoms with E-state index in [4.69, 9.17) is 0 Å². The average Bonchev–Trinajstić information content (AvgIpc) is 3.13. The van der Waals surface area contributed by atoms with E-state index in [2.05, 4.69) is 20.4 Å². The first-order valence-corrected chi connectivity index (χ1v) is 11.3. The molecule has 4 fully saturated rings. The third kappa shape index (κ3) is 5.61. The average molecular weight is 413 g/mol. The van der Waals surface area contributed by atoms with E-state index < -0.39 is 0 Å². The van der Waals surface area contributed by atoms with Crippen molar-refractivity contribution >= 4 is 24.2 Å². The Kier molecular flexibility index (Phi) is 8.01. The zero-order valence-electron chi connectivity index (χ0n) is 17.0. The number of piperidine rings is 1. The van der Waals surface area contributed by atoms with E-state index in [-0.39, 0.29) is 24.4 Å². The second-order valence-corrected chi connectivity index (χ2v) is 9.11. The van der Waals surface area contributed by atoms with Gasteiger partial charge in [0.15, 0.2) is 0 Å². The van der Waals surface area contributed by atoms with Gasteiger partial charge in [-0.3, -0.25) is 14.5 Å². The van der Waals surface area contributed by atoms with E-state index in [0.29, 0.717) is 30.5 Å². The summed E-state index contributed by atoms with van der Waals surface area (Å²) >= 11 is 0. The Morgan fingerprint density at radius 3 is 2.39 bits per heavy atom. The minimum Gasteiger partial charge on any atom is -0.354 e. The van der Waals surface area contributed by atoms with Crippen molar-refractivity contribution in [2.45, 2.75) is 82.3 Å². The zero-order chi connectivity index (χ0) is 18.6. The zero-order valence-corrected chi connectivity index (χ0v) is 17.9. The van der Waals surface area contributed by atoms with Gasteiger partial charge in [0.2, 0.25) is 11.8 Å². The fourth-order valence-corrected chi connectivity index (χ4v) is 5.25. The Bertz CT molecular complexity index is 530. The fourth-order valence-electron chi connectivity index (χ4n) is 5.25. The minimum absolute atomic E-state index is 0. The number of carbonyl (C=O) groups is 2. The summed E-state index contributed by atoms with van der Waals surface area (Å²) < 4.78 is 0. The van der Waals surface area contributed by atoms with E-state index in [1.807, 2.05) is 0 Å². The maximum Gasteiger partial charge on any atom is 0.237 e. The lowest BCUT2D eigenvalue weighted by Crippen LogP contribution is -2.49. The smallest absolute Gasteiger partial charge is 0.237 e. The van der Waals surface area contributed by atoms with Crippen LogP contribution in [0.25, 0.3) is 0 Å². The molecule has 0 bridgehead atoms. The van der Waals surface area contributed by atoms with Crippen LogP contribution in [0.3, 0.4) is 0 Å². The van der Waals surface area contributed by atoms with Crippen molar-refractivity contribution in [1.82, 2.24) is 20.4 Å². The highest BCUT2D eigenvalue weighted by molar-refractivity contribution is 5.85. The number of amides is 2. The number of rotatable bonds is 7. The van der Waals surface area contributed by atoms with Crippen molar-refractivity contribution in [1.29, 1.82) is 0 Å². The second-order valence-electron chi connectivity index (χ2n) is 9.11. The van der Waals surface area contributed by atoms with Crippen LogP contribution in [0.15, 0.2) is 0 Å². The molecular weight excluding hydrogens is 376 g/mol. The highest BCUT2D eigenvalue weighted by atomic mass is 35.5. The monoisotopic (exact) mass is 412 g/mol. The summed E-state index contributed by atoms with van der Waals surface area (Å²) in [6.07, 6.45) is 11.7. The summed E-state index contributed by atoms with van der Waals surface area (Å²) in [6.45, 7) is 4.23. The van der Waals surface area contributed by atoms with Gasteiger partial charge < -0.3 is 15.5 Å². The first-order valence-electron chi connectivity index (χ1n) is 11.3. The molecule has 0 aromatic rings. The Balaban J connectivity index is 0.00000225. The van der Waals surface area contributed by atoms with Crippen LogP contribution in [0, 0.1) is 5.92 Å². The number of carbonyl (C=O) groups excluding carboxylic acids is 2. The SMILES string of the molecule is Cl.O=C(NCC1CCCN(CC(=O)N(C2CCCC2)C2CC2)C1)C1CCCN1. The lowest BCUT2D eigenvalue weighted by atomic mass is 9.97. The Labute approximate surface area is 175 Å². The van der Waals surface area contributed by atoms with Gasteiger partial charge in [-0.05, 0) is 70.4 Å². The summed E-state index contributed by atoms with van der Waals surface area (Å²) in [4.78, 5) is 29.8. The molecule has 0 aromatic heterocycles. The fraction of sp³-hybridized carbons (Fsp3) is 0.905. The Hall–Kier alpha value is -0.850. The molecule has 0 spiro atoms. The molecule has 7 heteroatoms. The van der Waals surface area contributed by atoms with E-state index in [0.717, 1.165) is 51.9 Å². The first kappa shape index (κ1) is 21.8. The van der Waals surface area contributed by atoms with Crippen LogP contribution in [-0.4, -0.2) is 72.5 Å². The normalized spacial score (nSPS) is 28.7. The molecule has 0 radical (unpaired) electrons. The number of hydrogen-bond acceptors (Lipinski definition) is 4. The van der Waals surface area contributed by atoms with Crippen molar-refractivity contribution in [2.75, 3.05) is 32.7 Å². The van der Waals surface area contributed by atoms with Crippen LogP contribution in [0.2, 0.25) is 0 Å². The molecule has 2 aliphatic carbocycles. The van der Waals surface area contributed by atoms with Crippen molar-refractivity contribution in [2.24, 2.45) is 5.92 Å². The third-order valence-electron chi connectivity index (χ3n) is 6.85. The van der Waals surface area contributed by atoms with Crippen LogP contribution < -0.4 is 10.6 Å². The highest BCUT2D eigenvalue weighted by Crippen LogP contribution is 2.34. The summed E-state index contributed by atoms with van der Waals surface area (Å²) in [5.74, 6) is 0.976. The van der Waals surface area contributed by atoms with Crippen LogP contribution in [0.5, 0.6) is 0 Å². The molecule has 2 unspecified atom stereocenters. The van der Waals surface area contributed by atoms with Gasteiger partial charge in [-0.25, -0.2) is 0 Å². The highest BCUT2D eigenvalue weighted by Gasteiger charge is 2.39. The van der Waals surface area contributed by atoms with Crippen molar-refractivity contribution in [3.8, 4) is 0 Å². The molecule has 0 aromatic carbocycles. The second kappa shape index (κ2) is 10.3. The molecule has 2 amide bonds. The number of hydrogen-bond donors (Lipinski definition) is 2. The van der Waals surface area contributed by atoms with E-state index in [9.17, 15) is 9.59 Å². The van der Waals surface area contributed by atoms with Gasteiger partial charge in [0.05, 0.1) is 12.6 Å². The maximum atomic E-state index is 13.0. The van der Waals surface area contributed by atoms with E-state index in [1.54, 1.807) is 0 Å². The third-order valence-corrected chi connectivity index (χ3v) is 6.85. The lowest BCUT2D eigenvalue weighted by Gasteiger charge is -2.36.